The summed E-state index contributed by atoms with van der Waals surface area (Å²) in [6, 6.07) is 20.1. The molecule has 4 rings (SSSR count). The van der Waals surface area contributed by atoms with Gasteiger partial charge in [-0.15, -0.1) is 11.3 Å². The highest BCUT2D eigenvalue weighted by atomic mass is 32.1. The lowest BCUT2D eigenvalue weighted by atomic mass is 10.2. The Morgan fingerprint density at radius 1 is 1.10 bits per heavy atom. The van der Waals surface area contributed by atoms with Crippen molar-refractivity contribution in [3.63, 3.8) is 0 Å². The number of ether oxygens (including phenoxy) is 1. The van der Waals surface area contributed by atoms with Crippen LogP contribution in [0.5, 0.6) is 5.75 Å². The van der Waals surface area contributed by atoms with Crippen LogP contribution in [0.25, 0.3) is 20.7 Å². The number of thiophene rings is 1. The van der Waals surface area contributed by atoms with E-state index in [1.807, 2.05) is 54.4 Å². The Hall–Kier alpha value is -3.45. The van der Waals surface area contributed by atoms with Crippen LogP contribution in [0.1, 0.15) is 12.0 Å². The van der Waals surface area contributed by atoms with Gasteiger partial charge in [0.2, 0.25) is 5.91 Å². The first-order chi connectivity index (χ1) is 15.1. The van der Waals surface area contributed by atoms with Gasteiger partial charge < -0.3 is 15.0 Å². The third-order valence-corrected chi connectivity index (χ3v) is 6.14. The van der Waals surface area contributed by atoms with Crippen molar-refractivity contribution in [2.45, 2.75) is 13.0 Å². The first-order valence-electron chi connectivity index (χ1n) is 10.0. The molecule has 0 saturated carbocycles. The molecule has 2 heterocycles. The van der Waals surface area contributed by atoms with E-state index in [1.165, 1.54) is 0 Å². The number of anilines is 1. The van der Waals surface area contributed by atoms with Gasteiger partial charge in [0.05, 0.1) is 12.5 Å². The standard InChI is InChI=1S/C24H24N4O2S/c1-28(13-12-22(29)25-15-17-8-10-19(30-2)11-9-17)23-20-14-21(18-6-4-3-5-7-18)31-24(20)27-16-26-23/h3-11,14,16H,12-13,15H2,1-2H3,(H,25,29). The van der Waals surface area contributed by atoms with E-state index in [2.05, 4.69) is 33.5 Å². The summed E-state index contributed by atoms with van der Waals surface area (Å²) in [7, 11) is 3.59. The molecule has 1 N–H and O–H groups in total. The zero-order valence-corrected chi connectivity index (χ0v) is 18.4. The van der Waals surface area contributed by atoms with E-state index < -0.39 is 0 Å². The number of hydrogen-bond acceptors (Lipinski definition) is 6. The van der Waals surface area contributed by atoms with Gasteiger partial charge >= 0.3 is 0 Å². The van der Waals surface area contributed by atoms with Crippen molar-refractivity contribution >= 4 is 33.3 Å². The molecule has 0 bridgehead atoms. The zero-order valence-electron chi connectivity index (χ0n) is 17.5. The fourth-order valence-corrected chi connectivity index (χ4v) is 4.30. The fraction of sp³-hybridized carbons (Fsp3) is 0.208. The highest BCUT2D eigenvalue weighted by molar-refractivity contribution is 7.21. The Morgan fingerprint density at radius 3 is 2.61 bits per heavy atom. The molecule has 7 heteroatoms. The summed E-state index contributed by atoms with van der Waals surface area (Å²) < 4.78 is 5.16. The molecule has 0 aliphatic carbocycles. The normalized spacial score (nSPS) is 10.8. The number of hydrogen-bond donors (Lipinski definition) is 1. The molecule has 0 unspecified atom stereocenters. The lowest BCUT2D eigenvalue weighted by Crippen LogP contribution is -2.28. The lowest BCUT2D eigenvalue weighted by molar-refractivity contribution is -0.121. The van der Waals surface area contributed by atoms with E-state index in [0.717, 1.165) is 37.8 Å². The third kappa shape index (κ3) is 5.00. The van der Waals surface area contributed by atoms with Gasteiger partial charge in [-0.3, -0.25) is 4.79 Å². The number of carbonyl (C=O) groups excluding carboxylic acids is 1. The lowest BCUT2D eigenvalue weighted by Gasteiger charge is -2.18. The topological polar surface area (TPSA) is 67.3 Å². The molecule has 2 aromatic carbocycles. The zero-order chi connectivity index (χ0) is 21.6. The molecular formula is C24H24N4O2S. The molecule has 4 aromatic rings. The second-order valence-corrected chi connectivity index (χ2v) is 8.22. The Morgan fingerprint density at radius 2 is 1.87 bits per heavy atom. The van der Waals surface area contributed by atoms with Crippen LogP contribution >= 0.6 is 11.3 Å². The molecule has 158 valence electrons. The molecule has 0 saturated heterocycles. The molecule has 0 aliphatic heterocycles. The Bertz CT molecular complexity index is 1160. The summed E-state index contributed by atoms with van der Waals surface area (Å²) >= 11 is 1.65. The van der Waals surface area contributed by atoms with E-state index in [1.54, 1.807) is 24.8 Å². The van der Waals surface area contributed by atoms with E-state index in [4.69, 9.17) is 4.74 Å². The van der Waals surface area contributed by atoms with Gasteiger partial charge in [0.25, 0.3) is 0 Å². The molecule has 1 amide bonds. The maximum Gasteiger partial charge on any atom is 0.222 e. The van der Waals surface area contributed by atoms with Gasteiger partial charge in [0.1, 0.15) is 22.7 Å². The molecule has 0 aliphatic rings. The first kappa shape index (κ1) is 20.8. The molecule has 6 nitrogen and oxygen atoms in total. The minimum absolute atomic E-state index is 0.00302. The van der Waals surface area contributed by atoms with Crippen molar-refractivity contribution in [3.8, 4) is 16.2 Å². The highest BCUT2D eigenvalue weighted by Gasteiger charge is 2.14. The van der Waals surface area contributed by atoms with Gasteiger partial charge in [-0.2, -0.15) is 0 Å². The van der Waals surface area contributed by atoms with Crippen LogP contribution in [0, 0.1) is 0 Å². The Labute approximate surface area is 185 Å². The Balaban J connectivity index is 1.38. The number of carbonyl (C=O) groups is 1. The minimum atomic E-state index is 0.00302. The maximum atomic E-state index is 12.3. The summed E-state index contributed by atoms with van der Waals surface area (Å²) in [5.74, 6) is 1.64. The SMILES string of the molecule is COc1ccc(CNC(=O)CCN(C)c2ncnc3sc(-c4ccccc4)cc23)cc1. The number of aromatic nitrogens is 2. The van der Waals surface area contributed by atoms with E-state index in [0.29, 0.717) is 19.5 Å². The quantitative estimate of drug-likeness (QED) is 0.444. The average Bonchev–Trinajstić information content (AvgIpc) is 3.26. The smallest absolute Gasteiger partial charge is 0.222 e. The molecule has 0 fully saturated rings. The second kappa shape index (κ2) is 9.57. The van der Waals surface area contributed by atoms with Gasteiger partial charge in [-0.25, -0.2) is 9.97 Å². The molecule has 2 aromatic heterocycles. The van der Waals surface area contributed by atoms with E-state index in [9.17, 15) is 4.79 Å². The predicted molar refractivity (Wildman–Crippen MR) is 126 cm³/mol. The number of rotatable bonds is 8. The van der Waals surface area contributed by atoms with Gasteiger partial charge in [-0.1, -0.05) is 42.5 Å². The van der Waals surface area contributed by atoms with Crippen LogP contribution in [0.2, 0.25) is 0 Å². The van der Waals surface area contributed by atoms with Crippen LogP contribution in [0.3, 0.4) is 0 Å². The van der Waals surface area contributed by atoms with Crippen molar-refractivity contribution in [1.82, 2.24) is 15.3 Å². The largest absolute Gasteiger partial charge is 0.497 e. The maximum absolute atomic E-state index is 12.3. The highest BCUT2D eigenvalue weighted by Crippen LogP contribution is 2.35. The summed E-state index contributed by atoms with van der Waals surface area (Å²) in [5.41, 5.74) is 2.20. The van der Waals surface area contributed by atoms with Crippen molar-refractivity contribution in [2.24, 2.45) is 0 Å². The number of amides is 1. The molecule has 31 heavy (non-hydrogen) atoms. The average molecular weight is 433 g/mol. The van der Waals surface area contributed by atoms with E-state index in [-0.39, 0.29) is 5.91 Å². The van der Waals surface area contributed by atoms with E-state index >= 15 is 0 Å². The molecule has 0 radical (unpaired) electrons. The monoisotopic (exact) mass is 432 g/mol. The number of fused-ring (bicyclic) bond motifs is 1. The van der Waals surface area contributed by atoms with Gasteiger partial charge in [-0.05, 0) is 29.3 Å². The third-order valence-electron chi connectivity index (χ3n) is 5.05. The van der Waals surface area contributed by atoms with Crippen molar-refractivity contribution in [2.75, 3.05) is 25.6 Å². The number of methoxy groups -OCH3 is 1. The van der Waals surface area contributed by atoms with Gasteiger partial charge in [0, 0.05) is 31.4 Å². The Kier molecular flexibility index (Phi) is 6.43. The number of benzene rings is 2. The predicted octanol–water partition coefficient (Wildman–Crippen LogP) is 4.51. The number of nitrogens with one attached hydrogen (secondary N) is 1. The van der Waals surface area contributed by atoms with Crippen LogP contribution in [0.4, 0.5) is 5.82 Å². The van der Waals surface area contributed by atoms with Crippen LogP contribution in [0.15, 0.2) is 67.0 Å². The molecule has 0 spiro atoms. The first-order valence-corrected chi connectivity index (χ1v) is 10.9. The second-order valence-electron chi connectivity index (χ2n) is 7.19. The summed E-state index contributed by atoms with van der Waals surface area (Å²) in [5, 5.41) is 3.98. The van der Waals surface area contributed by atoms with Crippen molar-refractivity contribution < 1.29 is 9.53 Å². The van der Waals surface area contributed by atoms with Gasteiger partial charge in [0.15, 0.2) is 0 Å². The van der Waals surface area contributed by atoms with Crippen LogP contribution in [-0.4, -0.2) is 36.6 Å². The molecule has 0 atom stereocenters. The van der Waals surface area contributed by atoms with Crippen molar-refractivity contribution in [1.29, 1.82) is 0 Å². The fourth-order valence-electron chi connectivity index (χ4n) is 3.30. The van der Waals surface area contributed by atoms with Crippen molar-refractivity contribution in [3.05, 3.63) is 72.6 Å². The summed E-state index contributed by atoms with van der Waals surface area (Å²) in [6.45, 7) is 1.06. The van der Waals surface area contributed by atoms with Crippen LogP contribution < -0.4 is 15.0 Å². The minimum Gasteiger partial charge on any atom is -0.497 e. The summed E-state index contributed by atoms with van der Waals surface area (Å²) in [6.07, 6.45) is 1.97. The summed E-state index contributed by atoms with van der Waals surface area (Å²) in [4.78, 5) is 25.4. The van der Waals surface area contributed by atoms with Crippen LogP contribution in [-0.2, 0) is 11.3 Å². The molecular weight excluding hydrogens is 408 g/mol. The number of nitrogens with zero attached hydrogens (tertiary/aromatic N) is 3.